The highest BCUT2D eigenvalue weighted by Gasteiger charge is 2.22. The van der Waals surface area contributed by atoms with Crippen LogP contribution in [0.5, 0.6) is 0 Å². The summed E-state index contributed by atoms with van der Waals surface area (Å²) < 4.78 is 14.6. The number of hydrogen-bond donors (Lipinski definition) is 0. The molecule has 0 bridgehead atoms. The summed E-state index contributed by atoms with van der Waals surface area (Å²) in [5.41, 5.74) is 3.46. The van der Waals surface area contributed by atoms with Gasteiger partial charge in [0.25, 0.3) is 0 Å². The van der Waals surface area contributed by atoms with Crippen LogP contribution in [0.15, 0.2) is 42.5 Å². The number of benzene rings is 2. The van der Waals surface area contributed by atoms with Crippen molar-refractivity contribution in [1.82, 2.24) is 0 Å². The molecule has 144 valence electrons. The first-order valence-electron chi connectivity index (χ1n) is 10.6. The third kappa shape index (κ3) is 5.50. The van der Waals surface area contributed by atoms with Crippen LogP contribution < -0.4 is 0 Å². The molecule has 0 atom stereocenters. The van der Waals surface area contributed by atoms with Gasteiger partial charge in [0.2, 0.25) is 0 Å². The zero-order valence-electron chi connectivity index (χ0n) is 17.0. The Balaban J connectivity index is 1.66. The van der Waals surface area contributed by atoms with Crippen molar-refractivity contribution in [2.24, 2.45) is 5.92 Å². The van der Waals surface area contributed by atoms with E-state index in [4.69, 9.17) is 0 Å². The van der Waals surface area contributed by atoms with Gasteiger partial charge in [0.1, 0.15) is 5.82 Å². The smallest absolute Gasteiger partial charge is 0.139 e. The van der Waals surface area contributed by atoms with E-state index in [1.807, 2.05) is 37.3 Å². The molecule has 0 heterocycles. The first-order chi connectivity index (χ1) is 13.7. The lowest BCUT2D eigenvalue weighted by molar-refractivity contribution is 0.308. The minimum atomic E-state index is -0.203. The zero-order chi connectivity index (χ0) is 19.8. The lowest BCUT2D eigenvalue weighted by Gasteiger charge is -2.28. The van der Waals surface area contributed by atoms with E-state index in [2.05, 4.69) is 36.7 Å². The Labute approximate surface area is 169 Å². The van der Waals surface area contributed by atoms with Crippen LogP contribution in [-0.4, -0.2) is 0 Å². The molecule has 28 heavy (non-hydrogen) atoms. The maximum Gasteiger partial charge on any atom is 0.139 e. The van der Waals surface area contributed by atoms with Crippen LogP contribution >= 0.6 is 0 Å². The predicted molar refractivity (Wildman–Crippen MR) is 116 cm³/mol. The Kier molecular flexibility index (Phi) is 7.33. The molecule has 1 fully saturated rings. The molecule has 0 aromatic heterocycles. The van der Waals surface area contributed by atoms with Crippen LogP contribution in [0.25, 0.3) is 0 Å². The van der Waals surface area contributed by atoms with E-state index in [0.29, 0.717) is 11.5 Å². The SMILES string of the molecule is CCC#Cc1ccc(C#Cc2ccc(C3CCC(CCC)CC3)cc2F)cc1. The second kappa shape index (κ2) is 10.1. The lowest BCUT2D eigenvalue weighted by Crippen LogP contribution is -2.13. The number of halogens is 1. The van der Waals surface area contributed by atoms with Gasteiger partial charge in [0.15, 0.2) is 0 Å². The highest BCUT2D eigenvalue weighted by atomic mass is 19.1. The number of rotatable bonds is 3. The van der Waals surface area contributed by atoms with Gasteiger partial charge in [-0.15, -0.1) is 0 Å². The Morgan fingerprint density at radius 2 is 1.54 bits per heavy atom. The van der Waals surface area contributed by atoms with E-state index in [-0.39, 0.29) is 5.82 Å². The van der Waals surface area contributed by atoms with Crippen molar-refractivity contribution >= 4 is 0 Å². The van der Waals surface area contributed by atoms with Gasteiger partial charge in [-0.25, -0.2) is 4.39 Å². The summed E-state index contributed by atoms with van der Waals surface area (Å²) in [6.45, 7) is 4.29. The first-order valence-corrected chi connectivity index (χ1v) is 10.6. The normalized spacial score (nSPS) is 18.5. The fraction of sp³-hybridized carbons (Fsp3) is 0.407. The average molecular weight is 373 g/mol. The molecule has 0 saturated heterocycles. The Morgan fingerprint density at radius 1 is 0.857 bits per heavy atom. The van der Waals surface area contributed by atoms with Gasteiger partial charge < -0.3 is 0 Å². The molecule has 0 radical (unpaired) electrons. The standard InChI is InChI=1S/C27H29F/c1-3-5-7-22-8-10-23(11-9-22)14-17-25-18-19-26(20-27(25)28)24-15-12-21(6-4-2)13-16-24/h8-11,18-21,24H,3-4,6,12-13,15-16H2,1-2H3. The number of hydrogen-bond acceptors (Lipinski definition) is 0. The van der Waals surface area contributed by atoms with Crippen molar-refractivity contribution < 1.29 is 4.39 Å². The van der Waals surface area contributed by atoms with Crippen molar-refractivity contribution in [2.75, 3.05) is 0 Å². The predicted octanol–water partition coefficient (Wildman–Crippen LogP) is 7.06. The van der Waals surface area contributed by atoms with Gasteiger partial charge in [-0.3, -0.25) is 0 Å². The van der Waals surface area contributed by atoms with Crippen molar-refractivity contribution in [3.63, 3.8) is 0 Å². The average Bonchev–Trinajstić information content (AvgIpc) is 2.73. The van der Waals surface area contributed by atoms with Crippen molar-refractivity contribution in [2.45, 2.75) is 64.7 Å². The van der Waals surface area contributed by atoms with Crippen LogP contribution in [0.3, 0.4) is 0 Å². The molecule has 0 N–H and O–H groups in total. The van der Waals surface area contributed by atoms with Gasteiger partial charge in [-0.05, 0) is 79.5 Å². The molecule has 3 rings (SSSR count). The fourth-order valence-electron chi connectivity index (χ4n) is 4.05. The first kappa shape index (κ1) is 20.2. The summed E-state index contributed by atoms with van der Waals surface area (Å²) in [5, 5.41) is 0. The molecule has 0 aliphatic heterocycles. The Morgan fingerprint density at radius 3 is 2.14 bits per heavy atom. The van der Waals surface area contributed by atoms with Gasteiger partial charge in [-0.1, -0.05) is 56.4 Å². The minimum absolute atomic E-state index is 0.203. The summed E-state index contributed by atoms with van der Waals surface area (Å²) in [6, 6.07) is 13.4. The molecule has 1 aliphatic carbocycles. The molecular weight excluding hydrogens is 343 g/mol. The van der Waals surface area contributed by atoms with E-state index in [9.17, 15) is 4.39 Å². The fourth-order valence-corrected chi connectivity index (χ4v) is 4.05. The van der Waals surface area contributed by atoms with Crippen LogP contribution in [0.4, 0.5) is 4.39 Å². The monoisotopic (exact) mass is 372 g/mol. The van der Waals surface area contributed by atoms with Crippen LogP contribution in [-0.2, 0) is 0 Å². The molecule has 1 saturated carbocycles. The second-order valence-electron chi connectivity index (χ2n) is 7.73. The molecule has 0 amide bonds. The van der Waals surface area contributed by atoms with Crippen molar-refractivity contribution in [1.29, 1.82) is 0 Å². The van der Waals surface area contributed by atoms with Crippen molar-refractivity contribution in [3.8, 4) is 23.7 Å². The molecule has 0 nitrogen and oxygen atoms in total. The topological polar surface area (TPSA) is 0 Å². The Hall–Kier alpha value is -2.51. The highest BCUT2D eigenvalue weighted by Crippen LogP contribution is 2.37. The Bertz CT molecular complexity index is 891. The molecular formula is C27H29F. The summed E-state index contributed by atoms with van der Waals surface area (Å²) in [6.07, 6.45) is 8.37. The highest BCUT2D eigenvalue weighted by molar-refractivity contribution is 5.46. The van der Waals surface area contributed by atoms with Gasteiger partial charge in [0.05, 0.1) is 5.56 Å². The lowest BCUT2D eigenvalue weighted by atomic mass is 9.77. The molecule has 2 aromatic rings. The van der Waals surface area contributed by atoms with Gasteiger partial charge in [-0.2, -0.15) is 0 Å². The molecule has 0 spiro atoms. The molecule has 0 unspecified atom stereocenters. The molecule has 1 aliphatic rings. The van der Waals surface area contributed by atoms with E-state index in [1.165, 1.54) is 38.5 Å². The minimum Gasteiger partial charge on any atom is -0.206 e. The summed E-state index contributed by atoms with van der Waals surface area (Å²) >= 11 is 0. The van der Waals surface area contributed by atoms with Crippen LogP contribution in [0, 0.1) is 35.4 Å². The molecule has 1 heteroatoms. The van der Waals surface area contributed by atoms with Crippen LogP contribution in [0.2, 0.25) is 0 Å². The van der Waals surface area contributed by atoms with Gasteiger partial charge in [0, 0.05) is 17.5 Å². The summed E-state index contributed by atoms with van der Waals surface area (Å²) in [7, 11) is 0. The van der Waals surface area contributed by atoms with E-state index >= 15 is 0 Å². The third-order valence-corrected chi connectivity index (χ3v) is 5.64. The van der Waals surface area contributed by atoms with E-state index in [1.54, 1.807) is 6.07 Å². The summed E-state index contributed by atoms with van der Waals surface area (Å²) in [5.74, 6) is 13.4. The maximum absolute atomic E-state index is 14.6. The third-order valence-electron chi connectivity index (χ3n) is 5.64. The van der Waals surface area contributed by atoms with E-state index in [0.717, 1.165) is 29.0 Å². The maximum atomic E-state index is 14.6. The second-order valence-corrected chi connectivity index (χ2v) is 7.73. The van der Waals surface area contributed by atoms with Crippen LogP contribution in [0.1, 0.15) is 87.0 Å². The van der Waals surface area contributed by atoms with E-state index < -0.39 is 0 Å². The summed E-state index contributed by atoms with van der Waals surface area (Å²) in [4.78, 5) is 0. The quantitative estimate of drug-likeness (QED) is 0.506. The van der Waals surface area contributed by atoms with Crippen molar-refractivity contribution in [3.05, 3.63) is 70.5 Å². The largest absolute Gasteiger partial charge is 0.206 e. The zero-order valence-corrected chi connectivity index (χ0v) is 17.0. The molecule has 2 aromatic carbocycles. The van der Waals surface area contributed by atoms with Gasteiger partial charge >= 0.3 is 0 Å².